The van der Waals surface area contributed by atoms with Crippen molar-refractivity contribution in [1.29, 1.82) is 5.26 Å². The second-order valence-electron chi connectivity index (χ2n) is 6.96. The number of carbonyl (C=O) groups excluding carboxylic acids is 1. The van der Waals surface area contributed by atoms with Crippen LogP contribution in [0.2, 0.25) is 0 Å². The minimum Gasteiger partial charge on any atom is -0.394 e. The molecular weight excluding hydrogens is 345 g/mol. The number of likely N-dealkylation sites (tertiary alicyclic amines) is 1. The molecule has 1 saturated heterocycles. The number of carbonyl (C=O) groups is 1. The number of benzene rings is 2. The van der Waals surface area contributed by atoms with Gasteiger partial charge in [0.25, 0.3) is 0 Å². The van der Waals surface area contributed by atoms with E-state index in [1.54, 1.807) is 43.3 Å². The van der Waals surface area contributed by atoms with Crippen molar-refractivity contribution in [2.45, 2.75) is 18.0 Å². The van der Waals surface area contributed by atoms with Crippen molar-refractivity contribution in [3.63, 3.8) is 0 Å². The van der Waals surface area contributed by atoms with E-state index in [2.05, 4.69) is 6.07 Å². The van der Waals surface area contributed by atoms with Gasteiger partial charge in [0.1, 0.15) is 11.9 Å². The Hall–Kier alpha value is -2.75. The third kappa shape index (κ3) is 3.44. The fourth-order valence-electron chi connectivity index (χ4n) is 3.79. The Morgan fingerprint density at radius 1 is 1.19 bits per heavy atom. The molecule has 2 aromatic carbocycles. The normalized spacial score (nSPS) is 21.6. The lowest BCUT2D eigenvalue weighted by Gasteiger charge is -2.52. The lowest BCUT2D eigenvalue weighted by molar-refractivity contribution is -0.147. The van der Waals surface area contributed by atoms with Gasteiger partial charge >= 0.3 is 0 Å². The summed E-state index contributed by atoms with van der Waals surface area (Å²) in [6, 6.07) is 14.8. The summed E-state index contributed by atoms with van der Waals surface area (Å²) in [7, 11) is 3.55. The number of hydrogen-bond donors (Lipinski definition) is 1. The number of likely N-dealkylation sites (N-methyl/N-ethyl adjacent to an activating group) is 1. The number of amides is 1. The second kappa shape index (κ2) is 7.87. The van der Waals surface area contributed by atoms with E-state index in [1.807, 2.05) is 18.2 Å². The third-order valence-corrected chi connectivity index (χ3v) is 4.95. The zero-order chi connectivity index (χ0) is 19.6. The zero-order valence-corrected chi connectivity index (χ0v) is 15.3. The Morgan fingerprint density at radius 2 is 1.81 bits per heavy atom. The minimum atomic E-state index is -0.692. The van der Waals surface area contributed by atoms with Crippen LogP contribution >= 0.6 is 0 Å². The number of aliphatic hydroxyl groups excluding tert-OH is 1. The quantitative estimate of drug-likeness (QED) is 0.880. The van der Waals surface area contributed by atoms with Gasteiger partial charge in [-0.3, -0.25) is 4.79 Å². The molecule has 27 heavy (non-hydrogen) atoms. The van der Waals surface area contributed by atoms with Crippen LogP contribution in [0.4, 0.5) is 4.39 Å². The lowest BCUT2D eigenvalue weighted by Crippen LogP contribution is -2.66. The van der Waals surface area contributed by atoms with Gasteiger partial charge in [-0.1, -0.05) is 42.5 Å². The van der Waals surface area contributed by atoms with Gasteiger partial charge in [-0.2, -0.15) is 5.26 Å². The summed E-state index contributed by atoms with van der Waals surface area (Å²) in [5.41, 5.74) is 1.89. The average molecular weight is 367 g/mol. The predicted molar refractivity (Wildman–Crippen MR) is 100 cm³/mol. The summed E-state index contributed by atoms with van der Waals surface area (Å²) in [4.78, 5) is 15.7. The molecule has 3 rings (SSSR count). The average Bonchev–Trinajstić information content (AvgIpc) is 2.62. The maximum Gasteiger partial charge on any atom is 0.238 e. The summed E-state index contributed by atoms with van der Waals surface area (Å²) in [5, 5.41) is 19.6. The van der Waals surface area contributed by atoms with Gasteiger partial charge in [-0.05, 0) is 31.3 Å². The first-order valence-electron chi connectivity index (χ1n) is 8.79. The Labute approximate surface area is 158 Å². The molecule has 2 aromatic rings. The number of nitriles is 1. The highest BCUT2D eigenvalue weighted by molar-refractivity contribution is 5.81. The summed E-state index contributed by atoms with van der Waals surface area (Å²) in [5.74, 6) is -0.925. The first kappa shape index (κ1) is 19.0. The van der Waals surface area contributed by atoms with Gasteiger partial charge in [0.05, 0.1) is 25.3 Å². The number of rotatable bonds is 5. The van der Waals surface area contributed by atoms with E-state index in [1.165, 1.54) is 11.0 Å². The molecule has 1 aliphatic heterocycles. The first-order chi connectivity index (χ1) is 13.0. The van der Waals surface area contributed by atoms with E-state index in [-0.39, 0.29) is 30.8 Å². The molecule has 0 aliphatic carbocycles. The Bertz CT molecular complexity index is 878. The van der Waals surface area contributed by atoms with Gasteiger partial charge in [0, 0.05) is 11.5 Å². The molecule has 0 aromatic heterocycles. The molecule has 0 bridgehead atoms. The van der Waals surface area contributed by atoms with Crippen molar-refractivity contribution in [3.05, 3.63) is 59.9 Å². The van der Waals surface area contributed by atoms with Crippen LogP contribution in [0, 0.1) is 17.1 Å². The molecule has 1 N–H and O–H groups in total. The molecule has 6 heteroatoms. The van der Waals surface area contributed by atoms with Crippen LogP contribution < -0.4 is 0 Å². The maximum atomic E-state index is 14.4. The van der Waals surface area contributed by atoms with Gasteiger partial charge in [0.15, 0.2) is 0 Å². The molecule has 0 radical (unpaired) electrons. The zero-order valence-electron chi connectivity index (χ0n) is 15.3. The van der Waals surface area contributed by atoms with Crippen LogP contribution in [0.5, 0.6) is 0 Å². The number of halogens is 1. The number of hydrogen-bond acceptors (Lipinski definition) is 4. The number of aliphatic hydroxyl groups is 1. The van der Waals surface area contributed by atoms with Gasteiger partial charge in [-0.25, -0.2) is 4.39 Å². The van der Waals surface area contributed by atoms with Crippen LogP contribution in [0.25, 0.3) is 11.1 Å². The smallest absolute Gasteiger partial charge is 0.238 e. The standard InChI is InChI=1S/C21H22FN3O2/c1-24(2)12-20(27)25-18(11-23)21(19(25)13-26)16-9-4-3-7-14(16)15-8-5-6-10-17(15)22/h3-10,18-19,21,26H,12-13H2,1-2H3/t18-,19+,21-/m1/s1. The molecule has 0 saturated carbocycles. The Morgan fingerprint density at radius 3 is 2.41 bits per heavy atom. The molecule has 1 amide bonds. The van der Waals surface area contributed by atoms with Crippen molar-refractivity contribution in [1.82, 2.24) is 9.80 Å². The van der Waals surface area contributed by atoms with E-state index < -0.39 is 12.1 Å². The first-order valence-corrected chi connectivity index (χ1v) is 8.79. The molecule has 3 atom stereocenters. The van der Waals surface area contributed by atoms with E-state index in [0.29, 0.717) is 11.1 Å². The molecule has 0 unspecified atom stereocenters. The van der Waals surface area contributed by atoms with Crippen LogP contribution in [-0.4, -0.2) is 60.1 Å². The highest BCUT2D eigenvalue weighted by Crippen LogP contribution is 2.44. The summed E-state index contributed by atoms with van der Waals surface area (Å²) in [6.07, 6.45) is 0. The fraction of sp³-hybridized carbons (Fsp3) is 0.333. The third-order valence-electron chi connectivity index (χ3n) is 4.95. The van der Waals surface area contributed by atoms with Crippen LogP contribution in [0.1, 0.15) is 11.5 Å². The molecule has 140 valence electrons. The molecule has 5 nitrogen and oxygen atoms in total. The summed E-state index contributed by atoms with van der Waals surface area (Å²) in [6.45, 7) is -0.0933. The minimum absolute atomic E-state index is 0.163. The topological polar surface area (TPSA) is 67.6 Å². The lowest BCUT2D eigenvalue weighted by atomic mass is 9.73. The highest BCUT2D eigenvalue weighted by atomic mass is 19.1. The Balaban J connectivity index is 2.01. The van der Waals surface area contributed by atoms with Crippen LogP contribution in [-0.2, 0) is 4.79 Å². The van der Waals surface area contributed by atoms with E-state index in [9.17, 15) is 19.6 Å². The monoisotopic (exact) mass is 367 g/mol. The summed E-state index contributed by atoms with van der Waals surface area (Å²) >= 11 is 0. The van der Waals surface area contributed by atoms with Crippen molar-refractivity contribution in [2.75, 3.05) is 27.2 Å². The van der Waals surface area contributed by atoms with Crippen molar-refractivity contribution in [3.8, 4) is 17.2 Å². The van der Waals surface area contributed by atoms with Gasteiger partial charge in [0.2, 0.25) is 5.91 Å². The SMILES string of the molecule is CN(C)CC(=O)N1[C@H](C#N)[C@@H](c2ccccc2-c2ccccc2F)[C@@H]1CO. The van der Waals surface area contributed by atoms with Crippen LogP contribution in [0.3, 0.4) is 0 Å². The predicted octanol–water partition coefficient (Wildman–Crippen LogP) is 2.23. The van der Waals surface area contributed by atoms with Gasteiger partial charge < -0.3 is 14.9 Å². The fourth-order valence-corrected chi connectivity index (χ4v) is 3.79. The molecule has 1 fully saturated rings. The largest absolute Gasteiger partial charge is 0.394 e. The molecule has 0 spiro atoms. The summed E-state index contributed by atoms with van der Waals surface area (Å²) < 4.78 is 14.4. The van der Waals surface area contributed by atoms with Crippen molar-refractivity contribution < 1.29 is 14.3 Å². The highest BCUT2D eigenvalue weighted by Gasteiger charge is 2.52. The molecular formula is C21H22FN3O2. The molecule has 1 heterocycles. The van der Waals surface area contributed by atoms with Crippen molar-refractivity contribution >= 4 is 5.91 Å². The van der Waals surface area contributed by atoms with Crippen LogP contribution in [0.15, 0.2) is 48.5 Å². The Kier molecular flexibility index (Phi) is 5.54. The van der Waals surface area contributed by atoms with Gasteiger partial charge in [-0.15, -0.1) is 0 Å². The van der Waals surface area contributed by atoms with E-state index >= 15 is 0 Å². The maximum absolute atomic E-state index is 14.4. The van der Waals surface area contributed by atoms with E-state index in [4.69, 9.17) is 0 Å². The number of nitrogens with zero attached hydrogens (tertiary/aromatic N) is 3. The van der Waals surface area contributed by atoms with Crippen molar-refractivity contribution in [2.24, 2.45) is 0 Å². The van der Waals surface area contributed by atoms with E-state index in [0.717, 1.165) is 5.56 Å². The second-order valence-corrected chi connectivity index (χ2v) is 6.96. The molecule has 1 aliphatic rings.